The maximum Gasteiger partial charge on any atom is 0.269 e. The van der Waals surface area contributed by atoms with Gasteiger partial charge in [0, 0.05) is 32.6 Å². The molecule has 0 aliphatic heterocycles. The molecule has 0 aliphatic carbocycles. The summed E-state index contributed by atoms with van der Waals surface area (Å²) in [7, 11) is 3.48. The minimum atomic E-state index is -0.449. The monoisotopic (exact) mass is 223 g/mol. The zero-order valence-corrected chi connectivity index (χ0v) is 9.12. The predicted molar refractivity (Wildman–Crippen MR) is 59.7 cm³/mol. The van der Waals surface area contributed by atoms with Crippen LogP contribution in [-0.4, -0.2) is 35.0 Å². The molecule has 16 heavy (non-hydrogen) atoms. The van der Waals surface area contributed by atoms with E-state index < -0.39 is 4.92 Å². The lowest BCUT2D eigenvalue weighted by Gasteiger charge is -2.13. The number of amidine groups is 1. The Labute approximate surface area is 92.9 Å². The molecule has 0 radical (unpaired) electrons. The molecule has 0 saturated carbocycles. The van der Waals surface area contributed by atoms with E-state index in [1.54, 1.807) is 31.1 Å². The highest BCUT2D eigenvalue weighted by atomic mass is 16.6. The fraction of sp³-hybridized carbons (Fsp3) is 0.300. The summed E-state index contributed by atoms with van der Waals surface area (Å²) in [6.45, 7) is 0. The zero-order chi connectivity index (χ0) is 12.1. The lowest BCUT2D eigenvalue weighted by Crippen LogP contribution is -2.24. The summed E-state index contributed by atoms with van der Waals surface area (Å²) in [5.74, 6) is 0.445. The number of likely N-dealkylation sites (N-methyl/N-ethyl adjacent to an activating group) is 1. The molecule has 6 heteroatoms. The quantitative estimate of drug-likeness (QED) is 0.277. The fourth-order valence-corrected chi connectivity index (χ4v) is 1.25. The summed E-state index contributed by atoms with van der Waals surface area (Å²) in [5.41, 5.74) is 0.768. The Bertz CT molecular complexity index is 416. The number of rotatable bonds is 3. The van der Waals surface area contributed by atoms with Gasteiger partial charge in [-0.25, -0.2) is 0 Å². The molecule has 0 aromatic heterocycles. The Hall–Kier alpha value is -2.11. The third-order valence-corrected chi connectivity index (χ3v) is 2.12. The van der Waals surface area contributed by atoms with Crippen LogP contribution in [0.3, 0.4) is 0 Å². The molecule has 1 aromatic rings. The van der Waals surface area contributed by atoms with Gasteiger partial charge in [-0.1, -0.05) is 17.3 Å². The summed E-state index contributed by atoms with van der Waals surface area (Å²) in [6, 6.07) is 6.25. The van der Waals surface area contributed by atoms with Gasteiger partial charge in [-0.3, -0.25) is 10.1 Å². The number of benzene rings is 1. The second-order valence-corrected chi connectivity index (χ2v) is 3.51. The van der Waals surface area contributed by atoms with E-state index >= 15 is 0 Å². The molecule has 1 N–H and O–H groups in total. The van der Waals surface area contributed by atoms with Crippen molar-refractivity contribution in [1.82, 2.24) is 4.90 Å². The summed E-state index contributed by atoms with van der Waals surface area (Å²) in [4.78, 5) is 11.8. The van der Waals surface area contributed by atoms with Gasteiger partial charge in [-0.05, 0) is 5.56 Å². The van der Waals surface area contributed by atoms with Gasteiger partial charge in [0.25, 0.3) is 5.69 Å². The normalized spacial score (nSPS) is 11.2. The van der Waals surface area contributed by atoms with E-state index in [2.05, 4.69) is 5.16 Å². The molecule has 6 nitrogen and oxygen atoms in total. The number of nitro benzene ring substituents is 1. The minimum Gasteiger partial charge on any atom is -0.409 e. The molecule has 0 atom stereocenters. The van der Waals surface area contributed by atoms with Crippen molar-refractivity contribution in [2.45, 2.75) is 6.42 Å². The van der Waals surface area contributed by atoms with E-state index in [0.29, 0.717) is 12.3 Å². The van der Waals surface area contributed by atoms with Gasteiger partial charge in [-0.15, -0.1) is 0 Å². The zero-order valence-electron chi connectivity index (χ0n) is 9.12. The Kier molecular flexibility index (Phi) is 3.82. The smallest absolute Gasteiger partial charge is 0.269 e. The van der Waals surface area contributed by atoms with Gasteiger partial charge in [0.05, 0.1) is 4.92 Å². The Morgan fingerprint density at radius 3 is 2.75 bits per heavy atom. The van der Waals surface area contributed by atoms with Crippen LogP contribution in [0, 0.1) is 10.1 Å². The molecule has 1 rings (SSSR count). The van der Waals surface area contributed by atoms with Crippen LogP contribution in [0.25, 0.3) is 0 Å². The van der Waals surface area contributed by atoms with Crippen LogP contribution in [-0.2, 0) is 6.42 Å². The number of hydrogen-bond donors (Lipinski definition) is 1. The standard InChI is InChI=1S/C10H13N3O3/c1-12(2)10(11-14)7-8-4-3-5-9(6-8)13(15)16/h3-6,14H,7H2,1-2H3/b11-10+. The first kappa shape index (κ1) is 12.0. The molecule has 1 aromatic carbocycles. The average Bonchev–Trinajstić information content (AvgIpc) is 2.25. The van der Waals surface area contributed by atoms with Crippen molar-refractivity contribution in [3.8, 4) is 0 Å². The number of nitrogens with zero attached hydrogens (tertiary/aromatic N) is 3. The lowest BCUT2D eigenvalue weighted by atomic mass is 10.1. The van der Waals surface area contributed by atoms with Crippen LogP contribution in [0.5, 0.6) is 0 Å². The highest BCUT2D eigenvalue weighted by molar-refractivity contribution is 5.83. The third-order valence-electron chi connectivity index (χ3n) is 2.12. The Morgan fingerprint density at radius 1 is 1.56 bits per heavy atom. The minimum absolute atomic E-state index is 0.0357. The van der Waals surface area contributed by atoms with E-state index in [1.807, 2.05) is 0 Å². The number of nitro groups is 1. The van der Waals surface area contributed by atoms with E-state index in [4.69, 9.17) is 5.21 Å². The van der Waals surface area contributed by atoms with E-state index in [0.717, 1.165) is 5.56 Å². The summed E-state index contributed by atoms with van der Waals surface area (Å²) >= 11 is 0. The summed E-state index contributed by atoms with van der Waals surface area (Å²) in [5, 5.41) is 22.4. The van der Waals surface area contributed by atoms with Gasteiger partial charge >= 0.3 is 0 Å². The molecule has 0 bridgehead atoms. The van der Waals surface area contributed by atoms with E-state index in [-0.39, 0.29) is 5.69 Å². The summed E-state index contributed by atoms with van der Waals surface area (Å²) in [6.07, 6.45) is 0.352. The van der Waals surface area contributed by atoms with Crippen molar-refractivity contribution in [1.29, 1.82) is 0 Å². The second-order valence-electron chi connectivity index (χ2n) is 3.51. The van der Waals surface area contributed by atoms with Crippen LogP contribution in [0.2, 0.25) is 0 Å². The molecule has 0 spiro atoms. The first-order valence-corrected chi connectivity index (χ1v) is 4.66. The van der Waals surface area contributed by atoms with Crippen LogP contribution in [0.4, 0.5) is 5.69 Å². The highest BCUT2D eigenvalue weighted by Gasteiger charge is 2.09. The Balaban J connectivity index is 2.89. The van der Waals surface area contributed by atoms with E-state index in [9.17, 15) is 10.1 Å². The maximum atomic E-state index is 10.6. The molecule has 0 unspecified atom stereocenters. The summed E-state index contributed by atoms with van der Waals surface area (Å²) < 4.78 is 0. The molecule has 86 valence electrons. The van der Waals surface area contributed by atoms with Gasteiger partial charge in [0.2, 0.25) is 0 Å². The first-order valence-electron chi connectivity index (χ1n) is 4.66. The topological polar surface area (TPSA) is 79.0 Å². The van der Waals surface area contributed by atoms with Crippen LogP contribution in [0.1, 0.15) is 5.56 Å². The van der Waals surface area contributed by atoms with Gasteiger partial charge in [0.1, 0.15) is 5.84 Å². The van der Waals surface area contributed by atoms with Crippen molar-refractivity contribution in [2.24, 2.45) is 5.16 Å². The maximum absolute atomic E-state index is 10.6. The molecule has 0 fully saturated rings. The van der Waals surface area contributed by atoms with Crippen molar-refractivity contribution in [3.63, 3.8) is 0 Å². The number of non-ortho nitro benzene ring substituents is 1. The number of oxime groups is 1. The highest BCUT2D eigenvalue weighted by Crippen LogP contribution is 2.14. The average molecular weight is 223 g/mol. The van der Waals surface area contributed by atoms with E-state index in [1.165, 1.54) is 12.1 Å². The molecule has 0 saturated heterocycles. The predicted octanol–water partition coefficient (Wildman–Crippen LogP) is 1.49. The van der Waals surface area contributed by atoms with Crippen LogP contribution in [0.15, 0.2) is 29.4 Å². The second kappa shape index (κ2) is 5.11. The largest absolute Gasteiger partial charge is 0.409 e. The molecule has 0 heterocycles. The van der Waals surface area contributed by atoms with Gasteiger partial charge in [-0.2, -0.15) is 0 Å². The molecular formula is C10H13N3O3. The van der Waals surface area contributed by atoms with Gasteiger partial charge < -0.3 is 10.1 Å². The van der Waals surface area contributed by atoms with Gasteiger partial charge in [0.15, 0.2) is 0 Å². The van der Waals surface area contributed by atoms with Crippen molar-refractivity contribution in [2.75, 3.05) is 14.1 Å². The number of hydrogen-bond acceptors (Lipinski definition) is 4. The van der Waals surface area contributed by atoms with Crippen LogP contribution >= 0.6 is 0 Å². The van der Waals surface area contributed by atoms with Crippen molar-refractivity contribution >= 4 is 11.5 Å². The first-order chi connectivity index (χ1) is 7.54. The Morgan fingerprint density at radius 2 is 2.25 bits per heavy atom. The molecular weight excluding hydrogens is 210 g/mol. The SMILES string of the molecule is CN(C)/C(Cc1cccc([N+](=O)[O-])c1)=N/O. The van der Waals surface area contributed by atoms with Crippen LogP contribution < -0.4 is 0 Å². The van der Waals surface area contributed by atoms with Crippen molar-refractivity contribution < 1.29 is 10.1 Å². The molecule has 0 aliphatic rings. The lowest BCUT2D eigenvalue weighted by molar-refractivity contribution is -0.384. The van der Waals surface area contributed by atoms with Crippen molar-refractivity contribution in [3.05, 3.63) is 39.9 Å². The fourth-order valence-electron chi connectivity index (χ4n) is 1.25. The molecule has 0 amide bonds. The third kappa shape index (κ3) is 2.94.